The van der Waals surface area contributed by atoms with Crippen LogP contribution >= 0.6 is 11.3 Å². The van der Waals surface area contributed by atoms with E-state index in [0.29, 0.717) is 10.7 Å². The molecule has 0 unspecified atom stereocenters. The molecule has 0 radical (unpaired) electrons. The third kappa shape index (κ3) is 3.68. The molecule has 1 amide bonds. The third-order valence-corrected chi connectivity index (χ3v) is 7.03. The molecule has 5 rings (SSSR count). The number of Topliss-reactive ketones (excluding diaryl/α,β-unsaturated/α-hetero) is 1. The van der Waals surface area contributed by atoms with Crippen molar-refractivity contribution in [2.24, 2.45) is 0 Å². The van der Waals surface area contributed by atoms with Gasteiger partial charge in [0.1, 0.15) is 11.6 Å². The lowest BCUT2D eigenvalue weighted by Gasteiger charge is -2.23. The van der Waals surface area contributed by atoms with Crippen molar-refractivity contribution in [3.63, 3.8) is 0 Å². The number of thiazole rings is 1. The number of aryl methyl sites for hydroxylation is 2. The van der Waals surface area contributed by atoms with Crippen molar-refractivity contribution in [3.05, 3.63) is 100 Å². The number of halogens is 1. The zero-order chi connectivity index (χ0) is 24.0. The van der Waals surface area contributed by atoms with Crippen LogP contribution in [0.25, 0.3) is 16.0 Å². The van der Waals surface area contributed by atoms with Gasteiger partial charge in [0.15, 0.2) is 5.13 Å². The van der Waals surface area contributed by atoms with E-state index in [9.17, 15) is 19.1 Å². The summed E-state index contributed by atoms with van der Waals surface area (Å²) in [7, 11) is 0. The molecule has 0 saturated carbocycles. The minimum Gasteiger partial charge on any atom is -0.507 e. The van der Waals surface area contributed by atoms with Gasteiger partial charge in [-0.15, -0.1) is 0 Å². The molecule has 0 bridgehead atoms. The minimum atomic E-state index is -0.864. The van der Waals surface area contributed by atoms with Crippen LogP contribution in [-0.2, 0) is 16.0 Å². The number of rotatable bonds is 4. The summed E-state index contributed by atoms with van der Waals surface area (Å²) in [5.74, 6) is -2.38. The molecule has 34 heavy (non-hydrogen) atoms. The summed E-state index contributed by atoms with van der Waals surface area (Å²) in [5, 5.41) is 11.5. The molecular formula is C27H21FN2O3S. The highest BCUT2D eigenvalue weighted by Crippen LogP contribution is 2.44. The maximum atomic E-state index is 13.5. The van der Waals surface area contributed by atoms with Crippen molar-refractivity contribution in [2.45, 2.75) is 26.3 Å². The number of nitrogens with zero attached hydrogens (tertiary/aromatic N) is 2. The molecule has 1 N–H and O–H groups in total. The lowest BCUT2D eigenvalue weighted by atomic mass is 9.95. The van der Waals surface area contributed by atoms with E-state index in [-0.39, 0.29) is 16.9 Å². The summed E-state index contributed by atoms with van der Waals surface area (Å²) in [5.41, 5.74) is 3.78. The summed E-state index contributed by atoms with van der Waals surface area (Å²) in [6, 6.07) is 17.7. The number of aromatic nitrogens is 1. The SMILES string of the molecule is CCc1ccc2nc(N3C(=O)C(=O)/C(=C(/O)c4ccc(F)cc4)[C@H]3c3ccc(C)cc3)sc2c1. The molecule has 1 aromatic heterocycles. The Bertz CT molecular complexity index is 1460. The Hall–Kier alpha value is -3.84. The number of hydrogen-bond acceptors (Lipinski definition) is 5. The molecular weight excluding hydrogens is 451 g/mol. The van der Waals surface area contributed by atoms with E-state index < -0.39 is 23.5 Å². The number of hydrogen-bond donors (Lipinski definition) is 1. The van der Waals surface area contributed by atoms with Crippen molar-refractivity contribution in [1.82, 2.24) is 4.98 Å². The number of benzene rings is 3. The smallest absolute Gasteiger partial charge is 0.301 e. The van der Waals surface area contributed by atoms with E-state index >= 15 is 0 Å². The van der Waals surface area contributed by atoms with E-state index in [0.717, 1.165) is 27.8 Å². The number of ketones is 1. The monoisotopic (exact) mass is 472 g/mol. The highest BCUT2D eigenvalue weighted by Gasteiger charge is 2.48. The molecule has 170 valence electrons. The third-order valence-electron chi connectivity index (χ3n) is 6.01. The Labute approximate surface area is 199 Å². The van der Waals surface area contributed by atoms with Crippen LogP contribution in [0.2, 0.25) is 0 Å². The lowest BCUT2D eigenvalue weighted by Crippen LogP contribution is -2.29. The molecule has 1 fully saturated rings. The Balaban J connectivity index is 1.71. The first kappa shape index (κ1) is 22.0. The second-order valence-corrected chi connectivity index (χ2v) is 9.25. The highest BCUT2D eigenvalue weighted by atomic mass is 32.1. The van der Waals surface area contributed by atoms with Crippen molar-refractivity contribution < 1.29 is 19.1 Å². The van der Waals surface area contributed by atoms with Gasteiger partial charge < -0.3 is 5.11 Å². The standard InChI is InChI=1S/C27H21FN2O3S/c1-3-16-6-13-20-21(14-16)34-27(29-20)30-23(17-7-4-15(2)5-8-17)22(25(32)26(30)33)24(31)18-9-11-19(28)12-10-18/h4-14,23,31H,3H2,1-2H3/b24-22+/t23-/m1/s1. The van der Waals surface area contributed by atoms with Crippen molar-refractivity contribution >= 4 is 44.1 Å². The zero-order valence-electron chi connectivity index (χ0n) is 18.6. The van der Waals surface area contributed by atoms with Crippen molar-refractivity contribution in [2.75, 3.05) is 4.90 Å². The van der Waals surface area contributed by atoms with Crippen LogP contribution in [-0.4, -0.2) is 21.8 Å². The second kappa shape index (κ2) is 8.50. The van der Waals surface area contributed by atoms with Crippen LogP contribution in [0.15, 0.2) is 72.3 Å². The molecule has 0 spiro atoms. The van der Waals surface area contributed by atoms with Crippen LogP contribution in [0.1, 0.15) is 35.2 Å². The number of anilines is 1. The van der Waals surface area contributed by atoms with Gasteiger partial charge in [0.05, 0.1) is 21.8 Å². The lowest BCUT2D eigenvalue weighted by molar-refractivity contribution is -0.132. The number of aliphatic hydroxyl groups excluding tert-OH is 1. The fourth-order valence-corrected chi connectivity index (χ4v) is 5.19. The quantitative estimate of drug-likeness (QED) is 0.227. The topological polar surface area (TPSA) is 70.5 Å². The van der Waals surface area contributed by atoms with E-state index in [2.05, 4.69) is 11.9 Å². The van der Waals surface area contributed by atoms with Crippen molar-refractivity contribution in [3.8, 4) is 0 Å². The van der Waals surface area contributed by atoms with Crippen molar-refractivity contribution in [1.29, 1.82) is 0 Å². The zero-order valence-corrected chi connectivity index (χ0v) is 19.4. The Morgan fingerprint density at radius 1 is 1.06 bits per heavy atom. The Morgan fingerprint density at radius 3 is 2.44 bits per heavy atom. The van der Waals surface area contributed by atoms with Gasteiger partial charge in [-0.3, -0.25) is 14.5 Å². The Kier molecular flexibility index (Phi) is 5.49. The van der Waals surface area contributed by atoms with Gasteiger partial charge in [0.25, 0.3) is 5.78 Å². The van der Waals surface area contributed by atoms with Crippen LogP contribution in [0, 0.1) is 12.7 Å². The predicted octanol–water partition coefficient (Wildman–Crippen LogP) is 5.93. The largest absolute Gasteiger partial charge is 0.507 e. The molecule has 1 atom stereocenters. The number of amides is 1. The highest BCUT2D eigenvalue weighted by molar-refractivity contribution is 7.22. The molecule has 4 aromatic rings. The summed E-state index contributed by atoms with van der Waals surface area (Å²) >= 11 is 1.33. The normalized spacial score (nSPS) is 17.6. The van der Waals surface area contributed by atoms with Gasteiger partial charge in [0.2, 0.25) is 0 Å². The van der Waals surface area contributed by atoms with Crippen LogP contribution in [0.3, 0.4) is 0 Å². The summed E-state index contributed by atoms with van der Waals surface area (Å²) in [4.78, 5) is 32.5. The van der Waals surface area contributed by atoms with Gasteiger partial charge in [-0.2, -0.15) is 0 Å². The number of carbonyl (C=O) groups excluding carboxylic acids is 2. The fourth-order valence-electron chi connectivity index (χ4n) is 4.14. The summed E-state index contributed by atoms with van der Waals surface area (Å²) in [6.45, 7) is 4.01. The predicted molar refractivity (Wildman–Crippen MR) is 131 cm³/mol. The number of aliphatic hydroxyl groups is 1. The van der Waals surface area contributed by atoms with Gasteiger partial charge in [-0.25, -0.2) is 9.37 Å². The van der Waals surface area contributed by atoms with Gasteiger partial charge >= 0.3 is 5.91 Å². The number of carbonyl (C=O) groups is 2. The summed E-state index contributed by atoms with van der Waals surface area (Å²) in [6.07, 6.45) is 0.870. The first-order valence-electron chi connectivity index (χ1n) is 10.9. The molecule has 1 aliphatic rings. The summed E-state index contributed by atoms with van der Waals surface area (Å²) < 4.78 is 14.4. The minimum absolute atomic E-state index is 0.0473. The van der Waals surface area contributed by atoms with E-state index in [1.807, 2.05) is 49.4 Å². The van der Waals surface area contributed by atoms with Gasteiger partial charge in [-0.05, 0) is 60.9 Å². The molecule has 5 nitrogen and oxygen atoms in total. The molecule has 0 aliphatic carbocycles. The van der Waals surface area contributed by atoms with E-state index in [1.54, 1.807) is 0 Å². The average molecular weight is 473 g/mol. The van der Waals surface area contributed by atoms with Crippen LogP contribution in [0.5, 0.6) is 0 Å². The van der Waals surface area contributed by atoms with Crippen LogP contribution < -0.4 is 4.90 Å². The van der Waals surface area contributed by atoms with E-state index in [1.165, 1.54) is 40.5 Å². The number of fused-ring (bicyclic) bond motifs is 1. The fraction of sp³-hybridized carbons (Fsp3) is 0.148. The molecule has 2 heterocycles. The molecule has 3 aromatic carbocycles. The second-order valence-electron chi connectivity index (χ2n) is 8.24. The van der Waals surface area contributed by atoms with Gasteiger partial charge in [0, 0.05) is 5.56 Å². The van der Waals surface area contributed by atoms with E-state index in [4.69, 9.17) is 0 Å². The molecule has 1 aliphatic heterocycles. The van der Waals surface area contributed by atoms with Crippen LogP contribution in [0.4, 0.5) is 9.52 Å². The molecule has 7 heteroatoms. The van der Waals surface area contributed by atoms with Gasteiger partial charge in [-0.1, -0.05) is 54.2 Å². The molecule has 1 saturated heterocycles. The first-order chi connectivity index (χ1) is 16.4. The Morgan fingerprint density at radius 2 is 1.76 bits per heavy atom. The maximum absolute atomic E-state index is 13.5. The first-order valence-corrected chi connectivity index (χ1v) is 11.7. The average Bonchev–Trinajstić information content (AvgIpc) is 3.37. The maximum Gasteiger partial charge on any atom is 0.301 e.